The Hall–Kier alpha value is -2.21. The van der Waals surface area contributed by atoms with Crippen molar-refractivity contribution in [3.63, 3.8) is 0 Å². The van der Waals surface area contributed by atoms with Crippen molar-refractivity contribution in [3.8, 4) is 5.69 Å². The van der Waals surface area contributed by atoms with Gasteiger partial charge in [0.15, 0.2) is 0 Å². The minimum atomic E-state index is 0.0726. The summed E-state index contributed by atoms with van der Waals surface area (Å²) >= 11 is 0. The monoisotopic (exact) mass is 299 g/mol. The highest BCUT2D eigenvalue weighted by molar-refractivity contribution is 5.95. The molecule has 3 rings (SSSR count). The van der Waals surface area contributed by atoms with Crippen LogP contribution in [-0.4, -0.2) is 44.7 Å². The van der Waals surface area contributed by atoms with Crippen LogP contribution in [0.1, 0.15) is 35.2 Å². The van der Waals surface area contributed by atoms with Crippen molar-refractivity contribution < 1.29 is 4.79 Å². The number of benzene rings is 1. The van der Waals surface area contributed by atoms with Gasteiger partial charge in [0.2, 0.25) is 0 Å². The zero-order valence-corrected chi connectivity index (χ0v) is 12.8. The minimum absolute atomic E-state index is 0.0726. The van der Waals surface area contributed by atoms with Crippen molar-refractivity contribution in [2.75, 3.05) is 13.1 Å². The second-order valence-electron chi connectivity index (χ2n) is 5.73. The van der Waals surface area contributed by atoms with E-state index in [-0.39, 0.29) is 11.9 Å². The number of rotatable bonds is 3. The molecular formula is C16H21N5O. The Morgan fingerprint density at radius 3 is 2.95 bits per heavy atom. The van der Waals surface area contributed by atoms with Crippen molar-refractivity contribution in [3.05, 3.63) is 42.0 Å². The standard InChI is InChI=1S/C16H21N5O/c1-12-8-13(5-6-15(12)21-11-18-10-19-21)16(22)20-7-3-2-4-14(20)9-17/h5-6,8,10-11,14H,2-4,7,9,17H2,1H3/t14-/m0/s1. The molecule has 1 amide bonds. The Bertz CT molecular complexity index is 653. The number of hydrogen-bond acceptors (Lipinski definition) is 4. The second kappa shape index (κ2) is 6.27. The molecule has 6 nitrogen and oxygen atoms in total. The molecule has 2 N–H and O–H groups in total. The number of piperidine rings is 1. The van der Waals surface area contributed by atoms with Gasteiger partial charge in [-0.1, -0.05) is 0 Å². The van der Waals surface area contributed by atoms with E-state index in [9.17, 15) is 4.79 Å². The van der Waals surface area contributed by atoms with Crippen LogP contribution in [0.5, 0.6) is 0 Å². The van der Waals surface area contributed by atoms with Crippen molar-refractivity contribution in [2.45, 2.75) is 32.2 Å². The summed E-state index contributed by atoms with van der Waals surface area (Å²) < 4.78 is 1.70. The van der Waals surface area contributed by atoms with E-state index >= 15 is 0 Å². The average molecular weight is 299 g/mol. The van der Waals surface area contributed by atoms with Crippen LogP contribution in [0.15, 0.2) is 30.9 Å². The number of amides is 1. The largest absolute Gasteiger partial charge is 0.334 e. The molecule has 0 aliphatic carbocycles. The van der Waals surface area contributed by atoms with Gasteiger partial charge >= 0.3 is 0 Å². The van der Waals surface area contributed by atoms with Crippen LogP contribution in [0.2, 0.25) is 0 Å². The first-order chi connectivity index (χ1) is 10.7. The summed E-state index contributed by atoms with van der Waals surface area (Å²) in [5, 5.41) is 4.13. The molecule has 1 aromatic heterocycles. The predicted molar refractivity (Wildman–Crippen MR) is 83.8 cm³/mol. The number of nitrogens with two attached hydrogens (primary N) is 1. The number of carbonyl (C=O) groups is 1. The summed E-state index contributed by atoms with van der Waals surface area (Å²) in [4.78, 5) is 18.6. The lowest BCUT2D eigenvalue weighted by Crippen LogP contribution is -2.47. The van der Waals surface area contributed by atoms with E-state index in [0.717, 1.165) is 37.1 Å². The molecule has 1 aliphatic rings. The molecule has 2 heterocycles. The molecule has 0 bridgehead atoms. The molecule has 2 aromatic rings. The van der Waals surface area contributed by atoms with Crippen molar-refractivity contribution >= 4 is 5.91 Å². The van der Waals surface area contributed by atoms with Gasteiger partial charge in [0, 0.05) is 24.7 Å². The molecule has 1 saturated heterocycles. The fourth-order valence-corrected chi connectivity index (χ4v) is 3.06. The Labute approximate surface area is 129 Å². The van der Waals surface area contributed by atoms with Gasteiger partial charge in [-0.25, -0.2) is 9.67 Å². The van der Waals surface area contributed by atoms with E-state index in [1.807, 2.05) is 30.0 Å². The van der Waals surface area contributed by atoms with Gasteiger partial charge in [0.25, 0.3) is 5.91 Å². The number of carbonyl (C=O) groups excluding carboxylic acids is 1. The first-order valence-corrected chi connectivity index (χ1v) is 7.67. The quantitative estimate of drug-likeness (QED) is 0.932. The van der Waals surface area contributed by atoms with Crippen molar-refractivity contribution in [1.29, 1.82) is 0 Å². The lowest BCUT2D eigenvalue weighted by molar-refractivity contribution is 0.0623. The molecule has 1 atom stereocenters. The van der Waals surface area contributed by atoms with Gasteiger partial charge in [-0.3, -0.25) is 4.79 Å². The van der Waals surface area contributed by atoms with Crippen LogP contribution in [-0.2, 0) is 0 Å². The van der Waals surface area contributed by atoms with E-state index in [1.54, 1.807) is 11.0 Å². The summed E-state index contributed by atoms with van der Waals surface area (Å²) in [5.41, 5.74) is 8.46. The normalized spacial score (nSPS) is 18.5. The maximum absolute atomic E-state index is 12.8. The summed E-state index contributed by atoms with van der Waals surface area (Å²) in [6, 6.07) is 5.85. The fraction of sp³-hybridized carbons (Fsp3) is 0.438. The zero-order chi connectivity index (χ0) is 15.5. The molecule has 1 aromatic carbocycles. The molecular weight excluding hydrogens is 278 g/mol. The lowest BCUT2D eigenvalue weighted by Gasteiger charge is -2.35. The van der Waals surface area contributed by atoms with Crippen LogP contribution in [0.3, 0.4) is 0 Å². The molecule has 6 heteroatoms. The van der Waals surface area contributed by atoms with Crippen molar-refractivity contribution in [1.82, 2.24) is 19.7 Å². The Kier molecular flexibility index (Phi) is 4.20. The Balaban J connectivity index is 1.85. The lowest BCUT2D eigenvalue weighted by atomic mass is 10.00. The summed E-state index contributed by atoms with van der Waals surface area (Å²) in [6.45, 7) is 3.30. The second-order valence-corrected chi connectivity index (χ2v) is 5.73. The van der Waals surface area contributed by atoms with Gasteiger partial charge < -0.3 is 10.6 Å². The van der Waals surface area contributed by atoms with E-state index in [2.05, 4.69) is 10.1 Å². The third-order valence-corrected chi connectivity index (χ3v) is 4.27. The minimum Gasteiger partial charge on any atom is -0.334 e. The zero-order valence-electron chi connectivity index (χ0n) is 12.8. The maximum atomic E-state index is 12.8. The predicted octanol–water partition coefficient (Wildman–Crippen LogP) is 1.53. The van der Waals surface area contributed by atoms with Crippen LogP contribution >= 0.6 is 0 Å². The first-order valence-electron chi connectivity index (χ1n) is 7.67. The number of aryl methyl sites for hydroxylation is 1. The molecule has 22 heavy (non-hydrogen) atoms. The smallest absolute Gasteiger partial charge is 0.254 e. The van der Waals surface area contributed by atoms with Crippen LogP contribution in [0.4, 0.5) is 0 Å². The molecule has 0 saturated carbocycles. The van der Waals surface area contributed by atoms with E-state index in [4.69, 9.17) is 5.73 Å². The van der Waals surface area contributed by atoms with Gasteiger partial charge in [0.05, 0.1) is 5.69 Å². The number of nitrogens with zero attached hydrogens (tertiary/aromatic N) is 4. The van der Waals surface area contributed by atoms with Gasteiger partial charge in [-0.2, -0.15) is 5.10 Å². The maximum Gasteiger partial charge on any atom is 0.254 e. The van der Waals surface area contributed by atoms with E-state index in [1.165, 1.54) is 6.33 Å². The summed E-state index contributed by atoms with van der Waals surface area (Å²) in [5.74, 6) is 0.0726. The van der Waals surface area contributed by atoms with E-state index < -0.39 is 0 Å². The van der Waals surface area contributed by atoms with Gasteiger partial charge in [0.1, 0.15) is 12.7 Å². The van der Waals surface area contributed by atoms with Crippen molar-refractivity contribution in [2.24, 2.45) is 5.73 Å². The fourth-order valence-electron chi connectivity index (χ4n) is 3.06. The van der Waals surface area contributed by atoms with Crippen LogP contribution in [0, 0.1) is 6.92 Å². The highest BCUT2D eigenvalue weighted by Gasteiger charge is 2.26. The molecule has 0 spiro atoms. The number of aromatic nitrogens is 3. The molecule has 1 fully saturated rings. The summed E-state index contributed by atoms with van der Waals surface area (Å²) in [7, 11) is 0. The SMILES string of the molecule is Cc1cc(C(=O)N2CCCC[C@H]2CN)ccc1-n1cncn1. The third kappa shape index (κ3) is 2.74. The third-order valence-electron chi connectivity index (χ3n) is 4.27. The molecule has 1 aliphatic heterocycles. The molecule has 0 radical (unpaired) electrons. The van der Waals surface area contributed by atoms with Crippen LogP contribution < -0.4 is 5.73 Å². The van der Waals surface area contributed by atoms with Crippen LogP contribution in [0.25, 0.3) is 5.69 Å². The first kappa shape index (κ1) is 14.7. The number of hydrogen-bond donors (Lipinski definition) is 1. The average Bonchev–Trinajstić information content (AvgIpc) is 3.08. The molecule has 0 unspecified atom stereocenters. The molecule has 116 valence electrons. The highest BCUT2D eigenvalue weighted by atomic mass is 16.2. The Morgan fingerprint density at radius 2 is 2.27 bits per heavy atom. The topological polar surface area (TPSA) is 77.0 Å². The highest BCUT2D eigenvalue weighted by Crippen LogP contribution is 2.21. The van der Waals surface area contributed by atoms with Gasteiger partial charge in [-0.15, -0.1) is 0 Å². The summed E-state index contributed by atoms with van der Waals surface area (Å²) in [6.07, 6.45) is 6.35. The Morgan fingerprint density at radius 1 is 1.41 bits per heavy atom. The van der Waals surface area contributed by atoms with Gasteiger partial charge in [-0.05, 0) is 49.9 Å². The number of likely N-dealkylation sites (tertiary alicyclic amines) is 1. The van der Waals surface area contributed by atoms with E-state index in [0.29, 0.717) is 12.1 Å².